The smallest absolute Gasteiger partial charge is 0.248 e. The quantitative estimate of drug-likeness (QED) is 0.771. The number of benzene rings is 1. The summed E-state index contributed by atoms with van der Waals surface area (Å²) in [6.45, 7) is 12.0. The van der Waals surface area contributed by atoms with Crippen LogP contribution in [-0.2, 0) is 16.0 Å². The number of amides is 1. The van der Waals surface area contributed by atoms with Gasteiger partial charge in [0.25, 0.3) is 0 Å². The SMILES string of the molecule is C=CC(=O)N1C(Cc2ccccc2)C(C)(C)OC1(CC)CC. The molecule has 1 amide bonds. The monoisotopic (exact) mass is 301 g/mol. The summed E-state index contributed by atoms with van der Waals surface area (Å²) in [4.78, 5) is 14.5. The van der Waals surface area contributed by atoms with Crippen molar-refractivity contribution in [2.24, 2.45) is 0 Å². The van der Waals surface area contributed by atoms with Gasteiger partial charge in [-0.3, -0.25) is 4.79 Å². The van der Waals surface area contributed by atoms with Crippen molar-refractivity contribution in [2.75, 3.05) is 0 Å². The van der Waals surface area contributed by atoms with E-state index in [1.54, 1.807) is 0 Å². The highest BCUT2D eigenvalue weighted by atomic mass is 16.6. The van der Waals surface area contributed by atoms with Gasteiger partial charge in [0.1, 0.15) is 5.72 Å². The van der Waals surface area contributed by atoms with Gasteiger partial charge in [0, 0.05) is 0 Å². The van der Waals surface area contributed by atoms with Crippen molar-refractivity contribution in [3.05, 3.63) is 48.6 Å². The minimum absolute atomic E-state index is 0.000278. The van der Waals surface area contributed by atoms with Crippen molar-refractivity contribution in [2.45, 2.75) is 64.3 Å². The fourth-order valence-corrected chi connectivity index (χ4v) is 3.56. The van der Waals surface area contributed by atoms with E-state index in [2.05, 4.69) is 46.4 Å². The molecule has 1 aliphatic rings. The van der Waals surface area contributed by atoms with Crippen molar-refractivity contribution in [3.8, 4) is 0 Å². The molecule has 1 unspecified atom stereocenters. The molecule has 2 rings (SSSR count). The van der Waals surface area contributed by atoms with Gasteiger partial charge in [-0.1, -0.05) is 50.8 Å². The summed E-state index contributed by atoms with van der Waals surface area (Å²) in [6.07, 6.45) is 3.74. The molecule has 3 heteroatoms. The van der Waals surface area contributed by atoms with Gasteiger partial charge in [-0.25, -0.2) is 0 Å². The van der Waals surface area contributed by atoms with Crippen molar-refractivity contribution in [1.29, 1.82) is 0 Å². The molecule has 0 spiro atoms. The number of carbonyl (C=O) groups is 1. The zero-order valence-electron chi connectivity index (χ0n) is 14.1. The standard InChI is InChI=1S/C19H27NO2/c1-6-17(21)20-16(14-15-12-10-9-11-13-15)18(4,5)22-19(20,7-2)8-3/h6,9-13,16H,1,7-8,14H2,2-5H3. The van der Waals surface area contributed by atoms with E-state index in [0.29, 0.717) is 0 Å². The summed E-state index contributed by atoms with van der Waals surface area (Å²) in [7, 11) is 0. The number of carbonyl (C=O) groups excluding carboxylic acids is 1. The molecule has 0 aromatic heterocycles. The number of rotatable bonds is 5. The molecule has 1 fully saturated rings. The van der Waals surface area contributed by atoms with Gasteiger partial charge in [0.2, 0.25) is 5.91 Å². The minimum Gasteiger partial charge on any atom is -0.348 e. The van der Waals surface area contributed by atoms with Gasteiger partial charge in [0.05, 0.1) is 11.6 Å². The van der Waals surface area contributed by atoms with Crippen molar-refractivity contribution < 1.29 is 9.53 Å². The molecular formula is C19H27NO2. The Labute approximate surface area is 134 Å². The van der Waals surface area contributed by atoms with Crippen LogP contribution in [0.25, 0.3) is 0 Å². The van der Waals surface area contributed by atoms with Crippen LogP contribution in [0.3, 0.4) is 0 Å². The third-order valence-electron chi connectivity index (χ3n) is 4.80. The van der Waals surface area contributed by atoms with Crippen LogP contribution >= 0.6 is 0 Å². The number of hydrogen-bond acceptors (Lipinski definition) is 2. The van der Waals surface area contributed by atoms with Crippen LogP contribution in [0.2, 0.25) is 0 Å². The highest BCUT2D eigenvalue weighted by molar-refractivity contribution is 5.88. The normalized spacial score (nSPS) is 22.5. The van der Waals surface area contributed by atoms with E-state index in [4.69, 9.17) is 4.74 Å². The molecule has 22 heavy (non-hydrogen) atoms. The highest BCUT2D eigenvalue weighted by Gasteiger charge is 2.56. The van der Waals surface area contributed by atoms with E-state index >= 15 is 0 Å². The van der Waals surface area contributed by atoms with Gasteiger partial charge >= 0.3 is 0 Å². The summed E-state index contributed by atoms with van der Waals surface area (Å²) < 4.78 is 6.41. The highest BCUT2D eigenvalue weighted by Crippen LogP contribution is 2.44. The van der Waals surface area contributed by atoms with E-state index < -0.39 is 5.72 Å². The third-order valence-corrected chi connectivity index (χ3v) is 4.80. The molecule has 0 N–H and O–H groups in total. The average Bonchev–Trinajstić information content (AvgIpc) is 2.75. The molecule has 1 aromatic rings. The van der Waals surface area contributed by atoms with Crippen LogP contribution in [0.4, 0.5) is 0 Å². The van der Waals surface area contributed by atoms with Crippen molar-refractivity contribution in [1.82, 2.24) is 4.90 Å². The van der Waals surface area contributed by atoms with E-state index in [9.17, 15) is 4.79 Å². The van der Waals surface area contributed by atoms with Gasteiger partial charge in [-0.15, -0.1) is 0 Å². The van der Waals surface area contributed by atoms with Gasteiger partial charge in [0.15, 0.2) is 0 Å². The van der Waals surface area contributed by atoms with Crippen LogP contribution in [0.5, 0.6) is 0 Å². The summed E-state index contributed by atoms with van der Waals surface area (Å²) in [5, 5.41) is 0. The maximum atomic E-state index is 12.6. The molecule has 1 atom stereocenters. The Morgan fingerprint density at radius 2 is 1.86 bits per heavy atom. The first-order chi connectivity index (χ1) is 10.4. The molecule has 1 heterocycles. The lowest BCUT2D eigenvalue weighted by Gasteiger charge is -2.37. The Morgan fingerprint density at radius 3 is 2.36 bits per heavy atom. The average molecular weight is 301 g/mol. The van der Waals surface area contributed by atoms with E-state index in [0.717, 1.165) is 19.3 Å². The first-order valence-corrected chi connectivity index (χ1v) is 8.10. The summed E-state index contributed by atoms with van der Waals surface area (Å²) in [5.41, 5.74) is 0.295. The molecule has 0 saturated carbocycles. The second kappa shape index (κ2) is 6.25. The van der Waals surface area contributed by atoms with Crippen LogP contribution in [0, 0.1) is 0 Å². The second-order valence-corrected chi connectivity index (χ2v) is 6.48. The molecule has 1 aromatic carbocycles. The molecule has 3 nitrogen and oxygen atoms in total. The van der Waals surface area contributed by atoms with E-state index in [1.807, 2.05) is 23.1 Å². The van der Waals surface area contributed by atoms with E-state index in [1.165, 1.54) is 11.6 Å². The predicted octanol–water partition coefficient (Wildman–Crippen LogP) is 3.94. The third kappa shape index (κ3) is 2.82. The molecule has 0 radical (unpaired) electrons. The molecule has 0 aliphatic carbocycles. The maximum Gasteiger partial charge on any atom is 0.248 e. The Hall–Kier alpha value is -1.61. The fraction of sp³-hybridized carbons (Fsp3) is 0.526. The van der Waals surface area contributed by atoms with Crippen LogP contribution in [0.1, 0.15) is 46.1 Å². The molecule has 1 saturated heterocycles. The zero-order valence-corrected chi connectivity index (χ0v) is 14.1. The largest absolute Gasteiger partial charge is 0.348 e. The van der Waals surface area contributed by atoms with Crippen molar-refractivity contribution >= 4 is 5.91 Å². The van der Waals surface area contributed by atoms with Crippen molar-refractivity contribution in [3.63, 3.8) is 0 Å². The number of hydrogen-bond donors (Lipinski definition) is 0. The maximum absolute atomic E-state index is 12.6. The molecule has 0 bridgehead atoms. The lowest BCUT2D eigenvalue weighted by Crippen LogP contribution is -2.52. The fourth-order valence-electron chi connectivity index (χ4n) is 3.56. The Kier molecular flexibility index (Phi) is 4.76. The number of ether oxygens (including phenoxy) is 1. The zero-order chi connectivity index (χ0) is 16.4. The predicted molar refractivity (Wildman–Crippen MR) is 89.5 cm³/mol. The van der Waals surface area contributed by atoms with E-state index in [-0.39, 0.29) is 17.6 Å². The van der Waals surface area contributed by atoms with Crippen LogP contribution < -0.4 is 0 Å². The Balaban J connectivity index is 2.43. The lowest BCUT2D eigenvalue weighted by molar-refractivity contribution is -0.156. The number of nitrogens with zero attached hydrogens (tertiary/aromatic N) is 1. The topological polar surface area (TPSA) is 29.5 Å². The first-order valence-electron chi connectivity index (χ1n) is 8.10. The molecule has 1 aliphatic heterocycles. The minimum atomic E-state index is -0.534. The Morgan fingerprint density at radius 1 is 1.27 bits per heavy atom. The van der Waals surface area contributed by atoms with Gasteiger partial charge in [-0.2, -0.15) is 0 Å². The van der Waals surface area contributed by atoms with Crippen LogP contribution in [0.15, 0.2) is 43.0 Å². The Bertz CT molecular complexity index is 532. The second-order valence-electron chi connectivity index (χ2n) is 6.48. The first kappa shape index (κ1) is 16.8. The van der Waals surface area contributed by atoms with Gasteiger partial charge < -0.3 is 9.64 Å². The van der Waals surface area contributed by atoms with Crippen LogP contribution in [-0.4, -0.2) is 28.2 Å². The lowest BCUT2D eigenvalue weighted by atomic mass is 9.91. The summed E-state index contributed by atoms with van der Waals surface area (Å²) in [6, 6.07) is 10.3. The summed E-state index contributed by atoms with van der Waals surface area (Å²) >= 11 is 0. The molecular weight excluding hydrogens is 274 g/mol. The summed E-state index contributed by atoms with van der Waals surface area (Å²) in [5.74, 6) is -0.0461. The molecule has 120 valence electrons. The van der Waals surface area contributed by atoms with Gasteiger partial charge in [-0.05, 0) is 44.7 Å².